The van der Waals surface area contributed by atoms with Gasteiger partial charge in [0.1, 0.15) is 0 Å². The Morgan fingerprint density at radius 2 is 2.20 bits per heavy atom. The molecule has 0 saturated carbocycles. The summed E-state index contributed by atoms with van der Waals surface area (Å²) >= 11 is 0. The van der Waals surface area contributed by atoms with Crippen LogP contribution in [-0.2, 0) is 4.74 Å². The summed E-state index contributed by atoms with van der Waals surface area (Å²) in [7, 11) is 0. The Morgan fingerprint density at radius 1 is 1.40 bits per heavy atom. The number of rotatable bonds is 3. The predicted octanol–water partition coefficient (Wildman–Crippen LogP) is 1.37. The van der Waals surface area contributed by atoms with E-state index in [4.69, 9.17) is 10.5 Å². The molecule has 3 nitrogen and oxygen atoms in total. The standard InChI is InChI=1S/C12H24N2O/c1-12(2)6-3-4-11(15-12)9-14-7-5-10(14)8-13/h10-11H,3-9,13H2,1-2H3. The van der Waals surface area contributed by atoms with E-state index in [9.17, 15) is 0 Å². The second kappa shape index (κ2) is 4.40. The van der Waals surface area contributed by atoms with E-state index in [0.717, 1.165) is 13.1 Å². The highest BCUT2D eigenvalue weighted by molar-refractivity contribution is 4.87. The summed E-state index contributed by atoms with van der Waals surface area (Å²) in [4.78, 5) is 2.48. The molecule has 0 aromatic heterocycles. The summed E-state index contributed by atoms with van der Waals surface area (Å²) in [5.41, 5.74) is 5.79. The van der Waals surface area contributed by atoms with E-state index < -0.39 is 0 Å². The van der Waals surface area contributed by atoms with E-state index in [1.165, 1.54) is 32.2 Å². The van der Waals surface area contributed by atoms with Gasteiger partial charge in [-0.15, -0.1) is 0 Å². The Bertz CT molecular complexity index is 216. The third-order valence-electron chi connectivity index (χ3n) is 3.77. The van der Waals surface area contributed by atoms with Crippen molar-refractivity contribution in [1.82, 2.24) is 4.90 Å². The number of likely N-dealkylation sites (tertiary alicyclic amines) is 1. The van der Waals surface area contributed by atoms with Gasteiger partial charge < -0.3 is 10.5 Å². The molecule has 2 unspecified atom stereocenters. The molecule has 2 aliphatic rings. The molecule has 2 heterocycles. The predicted molar refractivity (Wildman–Crippen MR) is 61.8 cm³/mol. The Kier molecular flexibility index (Phi) is 3.33. The van der Waals surface area contributed by atoms with E-state index in [-0.39, 0.29) is 5.60 Å². The van der Waals surface area contributed by atoms with Crippen molar-refractivity contribution in [2.75, 3.05) is 19.6 Å². The van der Waals surface area contributed by atoms with Gasteiger partial charge in [-0.2, -0.15) is 0 Å². The first kappa shape index (κ1) is 11.4. The normalized spacial score (nSPS) is 36.2. The second-order valence-corrected chi connectivity index (χ2v) is 5.56. The summed E-state index contributed by atoms with van der Waals surface area (Å²) in [5, 5.41) is 0. The molecule has 0 bridgehead atoms. The molecular formula is C12H24N2O. The van der Waals surface area contributed by atoms with Crippen LogP contribution in [-0.4, -0.2) is 42.3 Å². The molecule has 2 aliphatic heterocycles. The van der Waals surface area contributed by atoms with E-state index in [1.807, 2.05) is 0 Å². The molecule has 0 amide bonds. The van der Waals surface area contributed by atoms with Crippen LogP contribution >= 0.6 is 0 Å². The summed E-state index contributed by atoms with van der Waals surface area (Å²) in [6.45, 7) is 7.51. The van der Waals surface area contributed by atoms with Crippen molar-refractivity contribution in [3.8, 4) is 0 Å². The molecule has 0 aliphatic carbocycles. The first-order valence-electron chi connectivity index (χ1n) is 6.23. The van der Waals surface area contributed by atoms with Crippen LogP contribution in [0.1, 0.15) is 39.5 Å². The Balaban J connectivity index is 1.79. The van der Waals surface area contributed by atoms with Crippen LogP contribution in [0.25, 0.3) is 0 Å². The van der Waals surface area contributed by atoms with Crippen LogP contribution in [0.5, 0.6) is 0 Å². The molecule has 2 rings (SSSR count). The molecule has 0 aromatic rings. The van der Waals surface area contributed by atoms with E-state index in [0.29, 0.717) is 12.1 Å². The minimum absolute atomic E-state index is 0.0893. The maximum Gasteiger partial charge on any atom is 0.0709 e. The average molecular weight is 212 g/mol. The van der Waals surface area contributed by atoms with Crippen LogP contribution in [0, 0.1) is 0 Å². The number of ether oxygens (including phenoxy) is 1. The highest BCUT2D eigenvalue weighted by atomic mass is 16.5. The van der Waals surface area contributed by atoms with Crippen LogP contribution in [0.15, 0.2) is 0 Å². The zero-order valence-electron chi connectivity index (χ0n) is 10.0. The molecule has 2 atom stereocenters. The van der Waals surface area contributed by atoms with Gasteiger partial charge in [0, 0.05) is 25.7 Å². The second-order valence-electron chi connectivity index (χ2n) is 5.56. The molecule has 15 heavy (non-hydrogen) atoms. The van der Waals surface area contributed by atoms with Crippen molar-refractivity contribution in [3.05, 3.63) is 0 Å². The molecule has 2 saturated heterocycles. The zero-order valence-corrected chi connectivity index (χ0v) is 10.0. The number of hydrogen-bond acceptors (Lipinski definition) is 3. The maximum atomic E-state index is 6.09. The lowest BCUT2D eigenvalue weighted by Crippen LogP contribution is -2.55. The van der Waals surface area contributed by atoms with Crippen molar-refractivity contribution < 1.29 is 4.74 Å². The van der Waals surface area contributed by atoms with Gasteiger partial charge >= 0.3 is 0 Å². The van der Waals surface area contributed by atoms with E-state index in [1.54, 1.807) is 0 Å². The number of hydrogen-bond donors (Lipinski definition) is 1. The summed E-state index contributed by atoms with van der Waals surface area (Å²) in [6.07, 6.45) is 5.43. The van der Waals surface area contributed by atoms with Gasteiger partial charge in [0.05, 0.1) is 11.7 Å². The van der Waals surface area contributed by atoms with Gasteiger partial charge in [-0.25, -0.2) is 0 Å². The lowest BCUT2D eigenvalue weighted by Gasteiger charge is -2.45. The zero-order chi connectivity index (χ0) is 10.9. The van der Waals surface area contributed by atoms with Gasteiger partial charge in [-0.1, -0.05) is 0 Å². The molecule has 88 valence electrons. The van der Waals surface area contributed by atoms with Crippen molar-refractivity contribution in [1.29, 1.82) is 0 Å². The number of nitrogens with two attached hydrogens (primary N) is 1. The SMILES string of the molecule is CC1(C)CCCC(CN2CCC2CN)O1. The topological polar surface area (TPSA) is 38.5 Å². The molecule has 2 fully saturated rings. The summed E-state index contributed by atoms with van der Waals surface area (Å²) < 4.78 is 6.09. The molecule has 0 spiro atoms. The lowest BCUT2D eigenvalue weighted by molar-refractivity contribution is -0.124. The third-order valence-corrected chi connectivity index (χ3v) is 3.77. The van der Waals surface area contributed by atoms with Gasteiger partial charge in [0.15, 0.2) is 0 Å². The van der Waals surface area contributed by atoms with Gasteiger partial charge in [0.2, 0.25) is 0 Å². The lowest BCUT2D eigenvalue weighted by atomic mass is 9.93. The third kappa shape index (κ3) is 2.71. The van der Waals surface area contributed by atoms with E-state index >= 15 is 0 Å². The van der Waals surface area contributed by atoms with E-state index in [2.05, 4.69) is 18.7 Å². The monoisotopic (exact) mass is 212 g/mol. The Hall–Kier alpha value is -0.120. The fourth-order valence-corrected chi connectivity index (χ4v) is 2.72. The van der Waals surface area contributed by atoms with Crippen LogP contribution in [0.3, 0.4) is 0 Å². The molecule has 0 aromatic carbocycles. The summed E-state index contributed by atoms with van der Waals surface area (Å²) in [6, 6.07) is 0.624. The molecule has 3 heteroatoms. The van der Waals surface area contributed by atoms with Crippen molar-refractivity contribution >= 4 is 0 Å². The van der Waals surface area contributed by atoms with Crippen LogP contribution < -0.4 is 5.73 Å². The maximum absolute atomic E-state index is 6.09. The quantitative estimate of drug-likeness (QED) is 0.768. The van der Waals surface area contributed by atoms with Gasteiger partial charge in [-0.05, 0) is 39.5 Å². The largest absolute Gasteiger partial charge is 0.371 e. The number of nitrogens with zero attached hydrogens (tertiary/aromatic N) is 1. The molecule has 0 radical (unpaired) electrons. The highest BCUT2D eigenvalue weighted by Crippen LogP contribution is 2.29. The first-order chi connectivity index (χ1) is 7.11. The summed E-state index contributed by atoms with van der Waals surface area (Å²) in [5.74, 6) is 0. The highest BCUT2D eigenvalue weighted by Gasteiger charge is 2.33. The van der Waals surface area contributed by atoms with Crippen molar-refractivity contribution in [3.63, 3.8) is 0 Å². The Morgan fingerprint density at radius 3 is 2.73 bits per heavy atom. The van der Waals surface area contributed by atoms with Crippen molar-refractivity contribution in [2.24, 2.45) is 5.73 Å². The minimum atomic E-state index is 0.0893. The average Bonchev–Trinajstić information content (AvgIpc) is 2.12. The van der Waals surface area contributed by atoms with Crippen molar-refractivity contribution in [2.45, 2.75) is 57.3 Å². The Labute approximate surface area is 93.0 Å². The first-order valence-corrected chi connectivity index (χ1v) is 6.23. The van der Waals surface area contributed by atoms with Crippen LogP contribution in [0.4, 0.5) is 0 Å². The fraction of sp³-hybridized carbons (Fsp3) is 1.00. The smallest absolute Gasteiger partial charge is 0.0709 e. The minimum Gasteiger partial charge on any atom is -0.371 e. The van der Waals surface area contributed by atoms with Gasteiger partial charge in [0.25, 0.3) is 0 Å². The molecular weight excluding hydrogens is 188 g/mol. The van der Waals surface area contributed by atoms with Gasteiger partial charge in [-0.3, -0.25) is 4.90 Å². The fourth-order valence-electron chi connectivity index (χ4n) is 2.72. The van der Waals surface area contributed by atoms with Crippen LogP contribution in [0.2, 0.25) is 0 Å². The molecule has 2 N–H and O–H groups in total.